The van der Waals surface area contributed by atoms with Crippen LogP contribution in [-0.2, 0) is 65.4 Å². The van der Waals surface area contributed by atoms with E-state index in [1.807, 2.05) is 0 Å². The molecule has 606 valence electrons. The van der Waals surface area contributed by atoms with Crippen molar-refractivity contribution in [2.24, 2.45) is 17.8 Å². The molecule has 0 aliphatic heterocycles. The maximum Gasteiger partial charge on any atom is 0.472 e. The number of aliphatic hydroxyl groups excluding tert-OH is 1. The van der Waals surface area contributed by atoms with Gasteiger partial charge < -0.3 is 33.8 Å². The lowest BCUT2D eigenvalue weighted by Gasteiger charge is -2.21. The molecule has 19 heteroatoms. The minimum Gasteiger partial charge on any atom is -0.462 e. The van der Waals surface area contributed by atoms with Crippen LogP contribution in [0.4, 0.5) is 0 Å². The van der Waals surface area contributed by atoms with Crippen molar-refractivity contribution in [2.45, 2.75) is 452 Å². The molecular weight excluding hydrogens is 1330 g/mol. The van der Waals surface area contributed by atoms with E-state index in [0.717, 1.165) is 108 Å². The van der Waals surface area contributed by atoms with Gasteiger partial charge in [0.05, 0.1) is 26.4 Å². The van der Waals surface area contributed by atoms with Gasteiger partial charge in [0.25, 0.3) is 0 Å². The van der Waals surface area contributed by atoms with E-state index < -0.39 is 97.5 Å². The third-order valence-electron chi connectivity index (χ3n) is 19.4. The second-order valence-corrected chi connectivity index (χ2v) is 34.2. The van der Waals surface area contributed by atoms with Gasteiger partial charge in [0.15, 0.2) is 12.2 Å². The van der Waals surface area contributed by atoms with Gasteiger partial charge in [-0.25, -0.2) is 9.13 Å². The lowest BCUT2D eigenvalue weighted by molar-refractivity contribution is -0.161. The summed E-state index contributed by atoms with van der Waals surface area (Å²) in [4.78, 5) is 73.1. The second-order valence-electron chi connectivity index (χ2n) is 31.3. The molecule has 5 atom stereocenters. The van der Waals surface area contributed by atoms with Crippen molar-refractivity contribution < 1.29 is 80.2 Å². The van der Waals surface area contributed by atoms with Crippen LogP contribution in [0.15, 0.2) is 0 Å². The maximum absolute atomic E-state index is 13.1. The van der Waals surface area contributed by atoms with Crippen molar-refractivity contribution in [3.8, 4) is 0 Å². The van der Waals surface area contributed by atoms with E-state index in [4.69, 9.17) is 37.0 Å². The molecule has 0 fully saturated rings. The van der Waals surface area contributed by atoms with E-state index >= 15 is 0 Å². The quantitative estimate of drug-likeness (QED) is 0.0222. The summed E-state index contributed by atoms with van der Waals surface area (Å²) in [5.41, 5.74) is 0. The van der Waals surface area contributed by atoms with Crippen molar-refractivity contribution in [3.63, 3.8) is 0 Å². The van der Waals surface area contributed by atoms with E-state index in [2.05, 4.69) is 48.5 Å². The van der Waals surface area contributed by atoms with Crippen LogP contribution in [-0.4, -0.2) is 96.7 Å². The summed E-state index contributed by atoms with van der Waals surface area (Å²) in [6.45, 7) is 12.0. The zero-order valence-electron chi connectivity index (χ0n) is 67.1. The van der Waals surface area contributed by atoms with Crippen molar-refractivity contribution in [3.05, 3.63) is 0 Å². The number of phosphoric acid groups is 2. The Hall–Kier alpha value is -1.94. The van der Waals surface area contributed by atoms with Gasteiger partial charge in [-0.2, -0.15) is 0 Å². The van der Waals surface area contributed by atoms with Crippen LogP contribution in [0.3, 0.4) is 0 Å². The lowest BCUT2D eigenvalue weighted by atomic mass is 10.0. The zero-order valence-corrected chi connectivity index (χ0v) is 68.9. The molecule has 102 heavy (non-hydrogen) atoms. The summed E-state index contributed by atoms with van der Waals surface area (Å²) in [5.74, 6) is 0.223. The summed E-state index contributed by atoms with van der Waals surface area (Å²) < 4.78 is 68.8. The summed E-state index contributed by atoms with van der Waals surface area (Å²) in [6, 6.07) is 0. The molecule has 0 amide bonds. The number of aliphatic hydroxyl groups is 1. The molecule has 2 unspecified atom stereocenters. The number of esters is 4. The number of carbonyl (C=O) groups excluding carboxylic acids is 4. The number of rotatable bonds is 81. The SMILES string of the molecule is CCCCCCCCCCCCCCCCCCC(=O)OC[C@H](COP(=O)(O)OC[C@@H](O)COP(=O)(O)OC[C@@H](COC(=O)CCCCCCCCCCCC(C)C)OC(=O)CCCCCCCCCCCCCCC(C)C)OC(=O)CCCCCCCCCCCCCCCCCCC(C)C. The first-order valence-electron chi connectivity index (χ1n) is 42.8. The zero-order chi connectivity index (χ0) is 75.1. The second kappa shape index (κ2) is 73.2. The van der Waals surface area contributed by atoms with Crippen LogP contribution in [0.25, 0.3) is 0 Å². The molecule has 0 spiro atoms. The average molecular weight is 1490 g/mol. The van der Waals surface area contributed by atoms with Gasteiger partial charge in [0, 0.05) is 25.7 Å². The molecule has 17 nitrogen and oxygen atoms in total. The highest BCUT2D eigenvalue weighted by atomic mass is 31.2. The maximum atomic E-state index is 13.1. The molecule has 0 aromatic heterocycles. The molecule has 3 N–H and O–H groups in total. The number of hydrogen-bond acceptors (Lipinski definition) is 15. The monoisotopic (exact) mass is 1490 g/mol. The fraction of sp³-hybridized carbons (Fsp3) is 0.952. The molecule has 0 saturated heterocycles. The Morgan fingerprint density at radius 3 is 0.667 bits per heavy atom. The Morgan fingerprint density at radius 1 is 0.265 bits per heavy atom. The fourth-order valence-electron chi connectivity index (χ4n) is 12.8. The van der Waals surface area contributed by atoms with Crippen LogP contribution in [0, 0.1) is 17.8 Å². The first kappa shape index (κ1) is 100. The smallest absolute Gasteiger partial charge is 0.462 e. The van der Waals surface area contributed by atoms with Gasteiger partial charge in [0.2, 0.25) is 0 Å². The minimum atomic E-state index is -4.96. The van der Waals surface area contributed by atoms with E-state index in [-0.39, 0.29) is 25.7 Å². The van der Waals surface area contributed by atoms with E-state index in [9.17, 15) is 43.2 Å². The van der Waals surface area contributed by atoms with Crippen molar-refractivity contribution in [1.29, 1.82) is 0 Å². The van der Waals surface area contributed by atoms with Gasteiger partial charge in [-0.05, 0) is 43.4 Å². The van der Waals surface area contributed by atoms with Crippen molar-refractivity contribution in [2.75, 3.05) is 39.6 Å². The van der Waals surface area contributed by atoms with E-state index in [0.29, 0.717) is 25.7 Å². The summed E-state index contributed by atoms with van der Waals surface area (Å²) in [6.07, 6.45) is 62.4. The predicted molar refractivity (Wildman–Crippen MR) is 418 cm³/mol. The molecule has 0 saturated carbocycles. The Balaban J connectivity index is 5.26. The molecule has 0 aliphatic rings. The number of carbonyl (C=O) groups is 4. The highest BCUT2D eigenvalue weighted by molar-refractivity contribution is 7.47. The highest BCUT2D eigenvalue weighted by Gasteiger charge is 2.30. The standard InChI is InChI=1S/C83H162O17P2/c1-8-9-10-11-12-13-14-15-16-20-23-29-36-43-50-57-64-80(85)93-70-78(99-82(87)66-59-52-45-37-30-24-21-18-17-19-22-27-33-40-47-54-61-74(2)3)72-97-101(89,90)95-68-77(84)69-96-102(91,92)98-73-79(71-94-81(86)65-58-51-44-39-32-35-42-49-56-63-76(6)7)100-83(88)67-60-53-46-38-31-26-25-28-34-41-48-55-62-75(4)5/h74-79,84H,8-73H2,1-7H3,(H,89,90)(H,91,92)/t77-,78-,79-/m1/s1. The Morgan fingerprint density at radius 2 is 0.451 bits per heavy atom. The molecule has 0 aromatic carbocycles. The van der Waals surface area contributed by atoms with Crippen LogP contribution >= 0.6 is 15.6 Å². The van der Waals surface area contributed by atoms with E-state index in [1.54, 1.807) is 0 Å². The third-order valence-corrected chi connectivity index (χ3v) is 21.3. The molecule has 0 aliphatic carbocycles. The molecule has 0 aromatic rings. The first-order valence-corrected chi connectivity index (χ1v) is 45.8. The highest BCUT2D eigenvalue weighted by Crippen LogP contribution is 2.45. The van der Waals surface area contributed by atoms with Crippen LogP contribution < -0.4 is 0 Å². The molecule has 0 bridgehead atoms. The Labute approximate surface area is 626 Å². The molecular formula is C83H162O17P2. The average Bonchev–Trinajstić information content (AvgIpc) is 0.935. The Bertz CT molecular complexity index is 1970. The largest absolute Gasteiger partial charge is 0.472 e. The van der Waals surface area contributed by atoms with Gasteiger partial charge in [-0.15, -0.1) is 0 Å². The normalized spacial score (nSPS) is 13.9. The summed E-state index contributed by atoms with van der Waals surface area (Å²) in [7, 11) is -9.93. The fourth-order valence-corrected chi connectivity index (χ4v) is 14.4. The Kier molecular flexibility index (Phi) is 71.8. The van der Waals surface area contributed by atoms with Crippen LogP contribution in [0.5, 0.6) is 0 Å². The lowest BCUT2D eigenvalue weighted by Crippen LogP contribution is -2.30. The number of hydrogen-bond donors (Lipinski definition) is 3. The summed E-state index contributed by atoms with van der Waals surface area (Å²) in [5, 5.41) is 10.7. The number of phosphoric ester groups is 2. The minimum absolute atomic E-state index is 0.107. The van der Waals surface area contributed by atoms with Crippen LogP contribution in [0.1, 0.15) is 434 Å². The third kappa shape index (κ3) is 76.3. The molecule has 0 rings (SSSR count). The van der Waals surface area contributed by atoms with Gasteiger partial charge in [-0.3, -0.25) is 37.3 Å². The van der Waals surface area contributed by atoms with Gasteiger partial charge in [-0.1, -0.05) is 382 Å². The number of unbranched alkanes of at least 4 members (excludes halogenated alkanes) is 49. The topological polar surface area (TPSA) is 237 Å². The van der Waals surface area contributed by atoms with Gasteiger partial charge >= 0.3 is 39.5 Å². The number of ether oxygens (including phenoxy) is 4. The van der Waals surface area contributed by atoms with Crippen molar-refractivity contribution >= 4 is 39.5 Å². The summed E-state index contributed by atoms with van der Waals surface area (Å²) >= 11 is 0. The van der Waals surface area contributed by atoms with Gasteiger partial charge in [0.1, 0.15) is 19.3 Å². The molecule has 0 heterocycles. The first-order chi connectivity index (χ1) is 49.2. The van der Waals surface area contributed by atoms with E-state index in [1.165, 1.54) is 244 Å². The van der Waals surface area contributed by atoms with Crippen molar-refractivity contribution in [1.82, 2.24) is 0 Å². The van der Waals surface area contributed by atoms with Crippen LogP contribution in [0.2, 0.25) is 0 Å². The predicted octanol–water partition coefficient (Wildman–Crippen LogP) is 24.9. The molecule has 0 radical (unpaired) electrons.